The molecule has 0 bridgehead atoms. The number of nitrogens with one attached hydrogen (secondary N) is 1. The number of benzene rings is 1. The first-order valence-electron chi connectivity index (χ1n) is 7.18. The predicted octanol–water partition coefficient (Wildman–Crippen LogP) is 3.98. The van der Waals surface area contributed by atoms with Gasteiger partial charge < -0.3 is 15.2 Å². The molecule has 1 aromatic carbocycles. The highest BCUT2D eigenvalue weighted by Crippen LogP contribution is 2.19. The number of hydrogen-bond donors (Lipinski definition) is 2. The van der Waals surface area contributed by atoms with Crippen LogP contribution in [0.15, 0.2) is 22.7 Å². The Bertz CT molecular complexity index is 409. The van der Waals surface area contributed by atoms with Crippen LogP contribution >= 0.6 is 15.9 Å². The molecule has 0 aliphatic heterocycles. The summed E-state index contributed by atoms with van der Waals surface area (Å²) >= 11 is 3.47. The van der Waals surface area contributed by atoms with Crippen LogP contribution in [0.4, 0.5) is 5.69 Å². The first kappa shape index (κ1) is 17.5. The molecule has 0 heterocycles. The quantitative estimate of drug-likeness (QED) is 0.749. The van der Waals surface area contributed by atoms with E-state index in [1.165, 1.54) is 5.56 Å². The summed E-state index contributed by atoms with van der Waals surface area (Å²) in [6.07, 6.45) is 0.722. The number of aryl methyl sites for hydroxylation is 1. The molecule has 2 atom stereocenters. The first-order chi connectivity index (χ1) is 9.38. The van der Waals surface area contributed by atoms with Crippen molar-refractivity contribution < 1.29 is 9.84 Å². The predicted molar refractivity (Wildman–Crippen MR) is 88.2 cm³/mol. The number of ether oxygens (including phenoxy) is 1. The Morgan fingerprint density at radius 2 is 2.00 bits per heavy atom. The molecule has 114 valence electrons. The van der Waals surface area contributed by atoms with E-state index in [4.69, 9.17) is 4.74 Å². The Morgan fingerprint density at radius 1 is 1.30 bits per heavy atom. The molecule has 0 spiro atoms. The normalized spacial score (nSPS) is 14.3. The van der Waals surface area contributed by atoms with Gasteiger partial charge in [0.1, 0.15) is 0 Å². The maximum Gasteiger partial charge on any atom is 0.0945 e. The van der Waals surface area contributed by atoms with Crippen LogP contribution in [0.25, 0.3) is 0 Å². The molecule has 0 saturated carbocycles. The van der Waals surface area contributed by atoms with Crippen molar-refractivity contribution in [3.63, 3.8) is 0 Å². The molecule has 1 aromatic rings. The molecule has 1 rings (SSSR count). The molecule has 0 radical (unpaired) electrons. The monoisotopic (exact) mass is 343 g/mol. The largest absolute Gasteiger partial charge is 0.389 e. The van der Waals surface area contributed by atoms with Crippen molar-refractivity contribution in [2.24, 2.45) is 5.92 Å². The Labute approximate surface area is 130 Å². The molecular weight excluding hydrogens is 318 g/mol. The summed E-state index contributed by atoms with van der Waals surface area (Å²) in [4.78, 5) is 0. The number of aliphatic hydroxyl groups is 1. The van der Waals surface area contributed by atoms with Gasteiger partial charge in [0.2, 0.25) is 0 Å². The third-order valence-corrected chi connectivity index (χ3v) is 3.97. The van der Waals surface area contributed by atoms with Gasteiger partial charge in [-0.2, -0.15) is 0 Å². The Morgan fingerprint density at radius 3 is 2.60 bits per heavy atom. The summed E-state index contributed by atoms with van der Waals surface area (Å²) in [5, 5.41) is 13.1. The van der Waals surface area contributed by atoms with Crippen molar-refractivity contribution in [1.82, 2.24) is 0 Å². The van der Waals surface area contributed by atoms with E-state index < -0.39 is 6.10 Å². The zero-order chi connectivity index (χ0) is 15.1. The third-order valence-electron chi connectivity index (χ3n) is 3.08. The fourth-order valence-electron chi connectivity index (χ4n) is 2.06. The average molecular weight is 344 g/mol. The van der Waals surface area contributed by atoms with Crippen molar-refractivity contribution >= 4 is 21.6 Å². The second-order valence-corrected chi connectivity index (χ2v) is 6.63. The van der Waals surface area contributed by atoms with E-state index in [1.54, 1.807) is 0 Å². The van der Waals surface area contributed by atoms with Gasteiger partial charge in [0.15, 0.2) is 0 Å². The zero-order valence-electron chi connectivity index (χ0n) is 12.8. The van der Waals surface area contributed by atoms with Crippen LogP contribution in [0.5, 0.6) is 0 Å². The van der Waals surface area contributed by atoms with Gasteiger partial charge >= 0.3 is 0 Å². The highest BCUT2D eigenvalue weighted by molar-refractivity contribution is 9.10. The van der Waals surface area contributed by atoms with Gasteiger partial charge in [0, 0.05) is 16.7 Å². The van der Waals surface area contributed by atoms with Gasteiger partial charge in [-0.05, 0) is 49.9 Å². The van der Waals surface area contributed by atoms with Crippen molar-refractivity contribution in [1.29, 1.82) is 0 Å². The minimum absolute atomic E-state index is 0.194. The van der Waals surface area contributed by atoms with Crippen LogP contribution in [0.3, 0.4) is 0 Å². The molecule has 20 heavy (non-hydrogen) atoms. The van der Waals surface area contributed by atoms with Crippen molar-refractivity contribution in [2.75, 3.05) is 18.5 Å². The summed E-state index contributed by atoms with van der Waals surface area (Å²) in [6.45, 7) is 9.31. The number of rotatable bonds is 8. The molecule has 3 nitrogen and oxygen atoms in total. The summed E-state index contributed by atoms with van der Waals surface area (Å²) in [5.74, 6) is 0.617. The summed E-state index contributed by atoms with van der Waals surface area (Å²) < 4.78 is 6.74. The van der Waals surface area contributed by atoms with E-state index in [2.05, 4.69) is 48.1 Å². The number of halogens is 1. The Hall–Kier alpha value is -0.580. The van der Waals surface area contributed by atoms with E-state index in [1.807, 2.05) is 19.1 Å². The second kappa shape index (κ2) is 8.65. The Balaban J connectivity index is 2.28. The van der Waals surface area contributed by atoms with E-state index in [-0.39, 0.29) is 6.10 Å². The van der Waals surface area contributed by atoms with E-state index in [0.717, 1.165) is 16.6 Å². The molecule has 4 heteroatoms. The first-order valence-corrected chi connectivity index (χ1v) is 7.97. The maximum atomic E-state index is 9.92. The van der Waals surface area contributed by atoms with Crippen molar-refractivity contribution in [3.05, 3.63) is 28.2 Å². The van der Waals surface area contributed by atoms with Gasteiger partial charge in [0.25, 0.3) is 0 Å². The highest BCUT2D eigenvalue weighted by Gasteiger charge is 2.09. The molecule has 0 fully saturated rings. The zero-order valence-corrected chi connectivity index (χ0v) is 14.4. The SMILES string of the molecule is Cc1cc(NCC(O)COC(C)CC(C)C)ccc1Br. The molecule has 0 aromatic heterocycles. The fourth-order valence-corrected chi connectivity index (χ4v) is 2.30. The Kier molecular flexibility index (Phi) is 7.56. The summed E-state index contributed by atoms with van der Waals surface area (Å²) in [7, 11) is 0. The molecule has 2 N–H and O–H groups in total. The number of anilines is 1. The maximum absolute atomic E-state index is 9.92. The number of aliphatic hydroxyl groups excluding tert-OH is 1. The molecular formula is C16H26BrNO2. The van der Waals surface area contributed by atoms with Gasteiger partial charge in [-0.1, -0.05) is 29.8 Å². The topological polar surface area (TPSA) is 41.5 Å². The van der Waals surface area contributed by atoms with Crippen LogP contribution in [-0.4, -0.2) is 30.5 Å². The smallest absolute Gasteiger partial charge is 0.0945 e. The molecule has 0 aliphatic rings. The standard InChI is InChI=1S/C16H26BrNO2/c1-11(2)7-13(4)20-10-15(19)9-18-14-5-6-16(17)12(3)8-14/h5-6,8,11,13,15,18-19H,7,9-10H2,1-4H3. The summed E-state index contributed by atoms with van der Waals surface area (Å²) in [5.41, 5.74) is 2.19. The lowest BCUT2D eigenvalue weighted by Gasteiger charge is -2.18. The lowest BCUT2D eigenvalue weighted by Crippen LogP contribution is -2.27. The van der Waals surface area contributed by atoms with Crippen molar-refractivity contribution in [3.8, 4) is 0 Å². The average Bonchev–Trinajstić information content (AvgIpc) is 2.37. The van der Waals surface area contributed by atoms with Crippen LogP contribution in [-0.2, 0) is 4.74 Å². The van der Waals surface area contributed by atoms with E-state index in [0.29, 0.717) is 19.1 Å². The van der Waals surface area contributed by atoms with Gasteiger partial charge in [0.05, 0.1) is 18.8 Å². The van der Waals surface area contributed by atoms with Gasteiger partial charge in [-0.3, -0.25) is 0 Å². The van der Waals surface area contributed by atoms with Crippen LogP contribution in [0.2, 0.25) is 0 Å². The summed E-state index contributed by atoms with van der Waals surface area (Å²) in [6, 6.07) is 6.05. The molecule has 0 saturated heterocycles. The van der Waals surface area contributed by atoms with E-state index in [9.17, 15) is 5.11 Å². The second-order valence-electron chi connectivity index (χ2n) is 5.77. The molecule has 2 unspecified atom stereocenters. The van der Waals surface area contributed by atoms with Gasteiger partial charge in [-0.25, -0.2) is 0 Å². The van der Waals surface area contributed by atoms with Crippen LogP contribution in [0, 0.1) is 12.8 Å². The molecule has 0 aliphatic carbocycles. The lowest BCUT2D eigenvalue weighted by molar-refractivity contribution is -0.00443. The van der Waals surface area contributed by atoms with Crippen LogP contribution < -0.4 is 5.32 Å². The number of hydrogen-bond acceptors (Lipinski definition) is 3. The molecule has 0 amide bonds. The minimum Gasteiger partial charge on any atom is -0.389 e. The van der Waals surface area contributed by atoms with Crippen molar-refractivity contribution in [2.45, 2.75) is 46.3 Å². The van der Waals surface area contributed by atoms with Gasteiger partial charge in [-0.15, -0.1) is 0 Å². The minimum atomic E-state index is -0.492. The van der Waals surface area contributed by atoms with E-state index >= 15 is 0 Å². The van der Waals surface area contributed by atoms with Crippen LogP contribution in [0.1, 0.15) is 32.8 Å². The fraction of sp³-hybridized carbons (Fsp3) is 0.625. The lowest BCUT2D eigenvalue weighted by atomic mass is 10.1. The highest BCUT2D eigenvalue weighted by atomic mass is 79.9. The third kappa shape index (κ3) is 6.73.